The van der Waals surface area contributed by atoms with Crippen LogP contribution >= 0.6 is 11.6 Å². The van der Waals surface area contributed by atoms with Crippen LogP contribution in [0.1, 0.15) is 31.1 Å². The van der Waals surface area contributed by atoms with Gasteiger partial charge in [-0.15, -0.1) is 0 Å². The fourth-order valence-electron chi connectivity index (χ4n) is 2.08. The van der Waals surface area contributed by atoms with Gasteiger partial charge in [0.25, 0.3) is 5.91 Å². The fraction of sp³-hybridized carbons (Fsp3) is 0.375. The first kappa shape index (κ1) is 20.4. The number of aliphatic carboxylic acids is 1. The third-order valence-electron chi connectivity index (χ3n) is 3.33. The molecule has 0 aliphatic rings. The van der Waals surface area contributed by atoms with E-state index in [1.165, 1.54) is 39.0 Å². The zero-order chi connectivity index (χ0) is 19.1. The number of halogens is 1. The Morgan fingerprint density at radius 1 is 1.20 bits per heavy atom. The van der Waals surface area contributed by atoms with Crippen LogP contribution in [0.3, 0.4) is 0 Å². The first-order valence-corrected chi connectivity index (χ1v) is 7.86. The van der Waals surface area contributed by atoms with Gasteiger partial charge in [0.1, 0.15) is 6.04 Å². The summed E-state index contributed by atoms with van der Waals surface area (Å²) in [5.74, 6) is -2.41. The maximum atomic E-state index is 12.8. The Hall–Kier alpha value is -2.61. The molecule has 1 aromatic rings. The van der Waals surface area contributed by atoms with Gasteiger partial charge < -0.3 is 20.6 Å². The van der Waals surface area contributed by atoms with Crippen LogP contribution in [-0.4, -0.2) is 52.8 Å². The molecule has 1 atom stereocenters. The summed E-state index contributed by atoms with van der Waals surface area (Å²) in [5.41, 5.74) is 0.425. The van der Waals surface area contributed by atoms with E-state index in [1.54, 1.807) is 0 Å². The second-order valence-corrected chi connectivity index (χ2v) is 5.78. The topological polar surface area (TPSA) is 116 Å². The number of hydrogen-bond acceptors (Lipinski definition) is 4. The van der Waals surface area contributed by atoms with Crippen molar-refractivity contribution in [2.24, 2.45) is 0 Å². The van der Waals surface area contributed by atoms with Crippen molar-refractivity contribution >= 4 is 41.0 Å². The highest BCUT2D eigenvalue weighted by atomic mass is 35.5. The fourth-order valence-corrected chi connectivity index (χ4v) is 2.28. The van der Waals surface area contributed by atoms with E-state index in [9.17, 15) is 24.3 Å². The number of hydrogen-bond donors (Lipinski definition) is 3. The predicted octanol–water partition coefficient (Wildman–Crippen LogP) is 1.35. The van der Waals surface area contributed by atoms with Crippen molar-refractivity contribution in [2.45, 2.75) is 26.8 Å². The molecule has 0 radical (unpaired) electrons. The molecule has 1 aromatic carbocycles. The van der Waals surface area contributed by atoms with Crippen LogP contribution in [0.4, 0.5) is 5.69 Å². The summed E-state index contributed by atoms with van der Waals surface area (Å²) in [5, 5.41) is 14.4. The Morgan fingerprint density at radius 2 is 1.84 bits per heavy atom. The lowest BCUT2D eigenvalue weighted by Crippen LogP contribution is -2.46. The number of nitrogens with zero attached hydrogens (tertiary/aromatic N) is 1. The molecule has 1 unspecified atom stereocenters. The second kappa shape index (κ2) is 9.03. The van der Waals surface area contributed by atoms with Gasteiger partial charge >= 0.3 is 5.97 Å². The second-order valence-electron chi connectivity index (χ2n) is 5.37. The number of carbonyl (C=O) groups excluding carboxylic acids is 3. The molecule has 0 heterocycles. The quantitative estimate of drug-likeness (QED) is 0.671. The number of rotatable bonds is 7. The first-order valence-electron chi connectivity index (χ1n) is 7.48. The SMILES string of the molecule is CC(=O)NCCN(C(=O)c1cc(NC(C)=O)ccc1Cl)C(C)C(=O)O. The summed E-state index contributed by atoms with van der Waals surface area (Å²) >= 11 is 6.06. The van der Waals surface area contributed by atoms with Gasteiger partial charge in [-0.3, -0.25) is 14.4 Å². The van der Waals surface area contributed by atoms with Gasteiger partial charge in [0, 0.05) is 32.6 Å². The molecular formula is C16H20ClN3O5. The van der Waals surface area contributed by atoms with Crippen molar-refractivity contribution in [1.82, 2.24) is 10.2 Å². The molecule has 1 rings (SSSR count). The maximum absolute atomic E-state index is 12.8. The lowest BCUT2D eigenvalue weighted by molar-refractivity contribution is -0.141. The van der Waals surface area contributed by atoms with E-state index >= 15 is 0 Å². The van der Waals surface area contributed by atoms with Crippen molar-refractivity contribution in [3.8, 4) is 0 Å². The summed E-state index contributed by atoms with van der Waals surface area (Å²) in [6.07, 6.45) is 0. The number of nitrogens with one attached hydrogen (secondary N) is 2. The highest BCUT2D eigenvalue weighted by Gasteiger charge is 2.27. The van der Waals surface area contributed by atoms with Crippen LogP contribution in [0.25, 0.3) is 0 Å². The smallest absolute Gasteiger partial charge is 0.326 e. The molecule has 8 nitrogen and oxygen atoms in total. The molecule has 0 aromatic heterocycles. The molecule has 0 aliphatic carbocycles. The zero-order valence-corrected chi connectivity index (χ0v) is 14.9. The molecule has 0 fully saturated rings. The average molecular weight is 370 g/mol. The van der Waals surface area contributed by atoms with Crippen molar-refractivity contribution in [2.75, 3.05) is 18.4 Å². The normalized spacial score (nSPS) is 11.4. The first-order chi connectivity index (χ1) is 11.6. The zero-order valence-electron chi connectivity index (χ0n) is 14.1. The summed E-state index contributed by atoms with van der Waals surface area (Å²) in [4.78, 5) is 47.3. The van der Waals surface area contributed by atoms with Crippen LogP contribution in [0, 0.1) is 0 Å². The van der Waals surface area contributed by atoms with Gasteiger partial charge in [-0.05, 0) is 25.1 Å². The molecule has 3 N–H and O–H groups in total. The Labute approximate surface area is 150 Å². The molecule has 9 heteroatoms. The monoisotopic (exact) mass is 369 g/mol. The summed E-state index contributed by atoms with van der Waals surface area (Å²) in [6.45, 7) is 4.09. The standard InChI is InChI=1S/C16H20ClN3O5/c1-9(16(24)25)20(7-6-18-10(2)21)15(23)13-8-12(19-11(3)22)4-5-14(13)17/h4-5,8-9H,6-7H2,1-3H3,(H,18,21)(H,19,22)(H,24,25). The van der Waals surface area contributed by atoms with E-state index in [4.69, 9.17) is 11.6 Å². The van der Waals surface area contributed by atoms with Crippen LogP contribution in [0.15, 0.2) is 18.2 Å². The van der Waals surface area contributed by atoms with Crippen LogP contribution in [0.2, 0.25) is 5.02 Å². The van der Waals surface area contributed by atoms with Crippen LogP contribution < -0.4 is 10.6 Å². The lowest BCUT2D eigenvalue weighted by atomic mass is 10.1. The van der Waals surface area contributed by atoms with E-state index < -0.39 is 17.9 Å². The van der Waals surface area contributed by atoms with Crippen molar-refractivity contribution in [1.29, 1.82) is 0 Å². The van der Waals surface area contributed by atoms with Gasteiger partial charge in [0.05, 0.1) is 10.6 Å². The third kappa shape index (κ3) is 6.07. The van der Waals surface area contributed by atoms with Crippen molar-refractivity contribution < 1.29 is 24.3 Å². The Balaban J connectivity index is 3.12. The highest BCUT2D eigenvalue weighted by molar-refractivity contribution is 6.34. The molecule has 0 saturated heterocycles. The van der Waals surface area contributed by atoms with Gasteiger partial charge in [-0.1, -0.05) is 11.6 Å². The number of benzene rings is 1. The number of anilines is 1. The minimum atomic E-state index is -1.19. The third-order valence-corrected chi connectivity index (χ3v) is 3.66. The molecule has 0 aliphatic heterocycles. The van der Waals surface area contributed by atoms with Gasteiger partial charge in [0.15, 0.2) is 0 Å². The molecule has 3 amide bonds. The number of amides is 3. The molecule has 0 spiro atoms. The van der Waals surface area contributed by atoms with Crippen molar-refractivity contribution in [3.63, 3.8) is 0 Å². The minimum Gasteiger partial charge on any atom is -0.480 e. The van der Waals surface area contributed by atoms with Crippen LogP contribution in [0.5, 0.6) is 0 Å². The van der Waals surface area contributed by atoms with E-state index in [-0.39, 0.29) is 35.5 Å². The predicted molar refractivity (Wildman–Crippen MR) is 92.6 cm³/mol. The average Bonchev–Trinajstić information content (AvgIpc) is 2.51. The summed E-state index contributed by atoms with van der Waals surface area (Å²) in [6, 6.07) is 3.23. The molecule has 0 saturated carbocycles. The minimum absolute atomic E-state index is 0.00737. The number of carboxylic acids is 1. The van der Waals surface area contributed by atoms with Crippen LogP contribution in [-0.2, 0) is 14.4 Å². The Bertz CT molecular complexity index is 692. The Kier molecular flexibility index (Phi) is 7.38. The summed E-state index contributed by atoms with van der Waals surface area (Å²) in [7, 11) is 0. The van der Waals surface area contributed by atoms with E-state index in [2.05, 4.69) is 10.6 Å². The summed E-state index contributed by atoms with van der Waals surface area (Å²) < 4.78 is 0. The van der Waals surface area contributed by atoms with Gasteiger partial charge in [0.2, 0.25) is 11.8 Å². The lowest BCUT2D eigenvalue weighted by Gasteiger charge is -2.27. The van der Waals surface area contributed by atoms with Crippen molar-refractivity contribution in [3.05, 3.63) is 28.8 Å². The Morgan fingerprint density at radius 3 is 2.36 bits per heavy atom. The number of carboxylic acid groups (broad SMARTS) is 1. The maximum Gasteiger partial charge on any atom is 0.326 e. The molecule has 0 bridgehead atoms. The van der Waals surface area contributed by atoms with E-state index in [0.717, 1.165) is 4.90 Å². The van der Waals surface area contributed by atoms with E-state index in [0.29, 0.717) is 5.69 Å². The van der Waals surface area contributed by atoms with E-state index in [1.807, 2.05) is 0 Å². The highest BCUT2D eigenvalue weighted by Crippen LogP contribution is 2.23. The molecule has 25 heavy (non-hydrogen) atoms. The van der Waals surface area contributed by atoms with Gasteiger partial charge in [-0.2, -0.15) is 0 Å². The largest absolute Gasteiger partial charge is 0.480 e. The molecule has 136 valence electrons. The molecular weight excluding hydrogens is 350 g/mol. The van der Waals surface area contributed by atoms with Gasteiger partial charge in [-0.25, -0.2) is 4.79 Å². The number of carbonyl (C=O) groups is 4.